The zero-order valence-corrected chi connectivity index (χ0v) is 13.8. The quantitative estimate of drug-likeness (QED) is 0.772. The first-order chi connectivity index (χ1) is 10.6. The SMILES string of the molecule is CC(CNC(=O)CCC1CCNC1)N(C)Cc1ccccc1. The molecule has 1 amide bonds. The first-order valence-electron chi connectivity index (χ1n) is 8.36. The van der Waals surface area contributed by atoms with Crippen LogP contribution in [0.5, 0.6) is 0 Å². The van der Waals surface area contributed by atoms with Crippen molar-refractivity contribution in [3.8, 4) is 0 Å². The van der Waals surface area contributed by atoms with Gasteiger partial charge in [0.25, 0.3) is 0 Å². The van der Waals surface area contributed by atoms with Gasteiger partial charge in [0.15, 0.2) is 0 Å². The Balaban J connectivity index is 1.63. The number of carbonyl (C=O) groups is 1. The highest BCUT2D eigenvalue weighted by Gasteiger charge is 2.16. The summed E-state index contributed by atoms with van der Waals surface area (Å²) in [4.78, 5) is 14.2. The van der Waals surface area contributed by atoms with E-state index >= 15 is 0 Å². The third kappa shape index (κ3) is 5.78. The molecule has 0 aliphatic carbocycles. The summed E-state index contributed by atoms with van der Waals surface area (Å²) in [5.74, 6) is 0.871. The minimum atomic E-state index is 0.187. The lowest BCUT2D eigenvalue weighted by molar-refractivity contribution is -0.121. The third-order valence-corrected chi connectivity index (χ3v) is 4.56. The molecule has 122 valence electrons. The highest BCUT2D eigenvalue weighted by Crippen LogP contribution is 2.14. The highest BCUT2D eigenvalue weighted by molar-refractivity contribution is 5.75. The van der Waals surface area contributed by atoms with Crippen molar-refractivity contribution in [1.82, 2.24) is 15.5 Å². The summed E-state index contributed by atoms with van der Waals surface area (Å²) in [6.45, 7) is 5.96. The Bertz CT molecular complexity index is 443. The number of nitrogens with one attached hydrogen (secondary N) is 2. The Morgan fingerprint density at radius 2 is 2.18 bits per heavy atom. The highest BCUT2D eigenvalue weighted by atomic mass is 16.1. The molecule has 2 rings (SSSR count). The van der Waals surface area contributed by atoms with Gasteiger partial charge in [0, 0.05) is 25.6 Å². The molecule has 4 nitrogen and oxygen atoms in total. The van der Waals surface area contributed by atoms with Crippen molar-refractivity contribution in [1.29, 1.82) is 0 Å². The second kappa shape index (κ2) is 8.91. The average molecular weight is 303 g/mol. The monoisotopic (exact) mass is 303 g/mol. The first kappa shape index (κ1) is 17.0. The Morgan fingerprint density at radius 3 is 2.86 bits per heavy atom. The van der Waals surface area contributed by atoms with Crippen LogP contribution in [0.2, 0.25) is 0 Å². The van der Waals surface area contributed by atoms with E-state index in [1.54, 1.807) is 0 Å². The van der Waals surface area contributed by atoms with E-state index in [-0.39, 0.29) is 5.91 Å². The van der Waals surface area contributed by atoms with Gasteiger partial charge in [-0.3, -0.25) is 9.69 Å². The third-order valence-electron chi connectivity index (χ3n) is 4.56. The van der Waals surface area contributed by atoms with Crippen LogP contribution in [-0.4, -0.2) is 43.5 Å². The van der Waals surface area contributed by atoms with E-state index in [0.717, 1.165) is 26.1 Å². The topological polar surface area (TPSA) is 44.4 Å². The molecule has 0 spiro atoms. The zero-order valence-electron chi connectivity index (χ0n) is 13.8. The van der Waals surface area contributed by atoms with Gasteiger partial charge in [-0.05, 0) is 51.4 Å². The fourth-order valence-electron chi connectivity index (χ4n) is 2.83. The van der Waals surface area contributed by atoms with Crippen LogP contribution in [0.1, 0.15) is 31.7 Å². The van der Waals surface area contributed by atoms with Crippen LogP contribution in [0.25, 0.3) is 0 Å². The molecule has 0 radical (unpaired) electrons. The Hall–Kier alpha value is -1.39. The molecule has 2 atom stereocenters. The maximum absolute atomic E-state index is 11.9. The average Bonchev–Trinajstić information content (AvgIpc) is 3.05. The molecule has 0 aromatic heterocycles. The number of rotatable bonds is 8. The smallest absolute Gasteiger partial charge is 0.220 e. The minimum absolute atomic E-state index is 0.187. The molecule has 0 bridgehead atoms. The van der Waals surface area contributed by atoms with Crippen molar-refractivity contribution in [3.05, 3.63) is 35.9 Å². The van der Waals surface area contributed by atoms with E-state index in [2.05, 4.69) is 53.8 Å². The lowest BCUT2D eigenvalue weighted by atomic mass is 10.0. The van der Waals surface area contributed by atoms with Gasteiger partial charge in [0.05, 0.1) is 0 Å². The van der Waals surface area contributed by atoms with E-state index in [0.29, 0.717) is 24.9 Å². The molecule has 2 N–H and O–H groups in total. The summed E-state index contributed by atoms with van der Waals surface area (Å²) < 4.78 is 0. The maximum Gasteiger partial charge on any atom is 0.220 e. The second-order valence-electron chi connectivity index (χ2n) is 6.45. The molecule has 1 saturated heterocycles. The van der Waals surface area contributed by atoms with E-state index in [1.165, 1.54) is 12.0 Å². The van der Waals surface area contributed by atoms with Crippen LogP contribution in [0.15, 0.2) is 30.3 Å². The van der Waals surface area contributed by atoms with Crippen LogP contribution in [0, 0.1) is 5.92 Å². The lowest BCUT2D eigenvalue weighted by Crippen LogP contribution is -2.39. The Morgan fingerprint density at radius 1 is 1.41 bits per heavy atom. The van der Waals surface area contributed by atoms with Crippen molar-refractivity contribution in [2.24, 2.45) is 5.92 Å². The summed E-state index contributed by atoms with van der Waals surface area (Å²) >= 11 is 0. The van der Waals surface area contributed by atoms with E-state index in [1.807, 2.05) is 6.07 Å². The molecular weight excluding hydrogens is 274 g/mol. The lowest BCUT2D eigenvalue weighted by Gasteiger charge is -2.25. The molecule has 1 aromatic carbocycles. The number of likely N-dealkylation sites (N-methyl/N-ethyl adjacent to an activating group) is 1. The molecule has 22 heavy (non-hydrogen) atoms. The van der Waals surface area contributed by atoms with Crippen LogP contribution in [-0.2, 0) is 11.3 Å². The van der Waals surface area contributed by atoms with Gasteiger partial charge < -0.3 is 10.6 Å². The zero-order chi connectivity index (χ0) is 15.8. The maximum atomic E-state index is 11.9. The van der Waals surface area contributed by atoms with Gasteiger partial charge in [0.1, 0.15) is 0 Å². The van der Waals surface area contributed by atoms with Crippen molar-refractivity contribution in [2.45, 2.75) is 38.8 Å². The summed E-state index contributed by atoms with van der Waals surface area (Å²) in [6, 6.07) is 10.8. The number of hydrogen-bond donors (Lipinski definition) is 2. The molecular formula is C18H29N3O. The van der Waals surface area contributed by atoms with Gasteiger partial charge >= 0.3 is 0 Å². The van der Waals surface area contributed by atoms with Crippen molar-refractivity contribution >= 4 is 5.91 Å². The van der Waals surface area contributed by atoms with E-state index in [9.17, 15) is 4.79 Å². The summed E-state index contributed by atoms with van der Waals surface area (Å²) in [5, 5.41) is 6.42. The molecule has 0 saturated carbocycles. The summed E-state index contributed by atoms with van der Waals surface area (Å²) in [5.41, 5.74) is 1.30. The molecule has 2 unspecified atom stereocenters. The second-order valence-corrected chi connectivity index (χ2v) is 6.45. The van der Waals surface area contributed by atoms with E-state index < -0.39 is 0 Å². The van der Waals surface area contributed by atoms with Crippen molar-refractivity contribution < 1.29 is 4.79 Å². The van der Waals surface area contributed by atoms with Gasteiger partial charge in [-0.2, -0.15) is 0 Å². The molecule has 1 heterocycles. The number of benzene rings is 1. The predicted molar refractivity (Wildman–Crippen MR) is 90.6 cm³/mol. The predicted octanol–water partition coefficient (Wildman–Crippen LogP) is 2.01. The van der Waals surface area contributed by atoms with Crippen LogP contribution >= 0.6 is 0 Å². The molecule has 1 aromatic rings. The number of nitrogens with zero attached hydrogens (tertiary/aromatic N) is 1. The standard InChI is InChI=1S/C18H29N3O/c1-15(21(2)14-17-6-4-3-5-7-17)12-20-18(22)9-8-16-10-11-19-13-16/h3-7,15-16,19H,8-14H2,1-2H3,(H,20,22). The minimum Gasteiger partial charge on any atom is -0.355 e. The molecule has 1 aliphatic heterocycles. The van der Waals surface area contributed by atoms with Gasteiger partial charge in [-0.1, -0.05) is 30.3 Å². The molecule has 4 heteroatoms. The van der Waals surface area contributed by atoms with Crippen LogP contribution in [0.3, 0.4) is 0 Å². The van der Waals surface area contributed by atoms with E-state index in [4.69, 9.17) is 0 Å². The normalized spacial score (nSPS) is 19.3. The first-order valence-corrected chi connectivity index (χ1v) is 8.36. The summed E-state index contributed by atoms with van der Waals surface area (Å²) in [6.07, 6.45) is 2.87. The molecule has 1 fully saturated rings. The van der Waals surface area contributed by atoms with Gasteiger partial charge in [0.2, 0.25) is 5.91 Å². The Kier molecular flexibility index (Phi) is 6.87. The number of carbonyl (C=O) groups excluding carboxylic acids is 1. The number of hydrogen-bond acceptors (Lipinski definition) is 3. The largest absolute Gasteiger partial charge is 0.355 e. The fraction of sp³-hybridized carbons (Fsp3) is 0.611. The van der Waals surface area contributed by atoms with Crippen molar-refractivity contribution in [3.63, 3.8) is 0 Å². The van der Waals surface area contributed by atoms with Gasteiger partial charge in [-0.15, -0.1) is 0 Å². The van der Waals surface area contributed by atoms with Crippen LogP contribution < -0.4 is 10.6 Å². The van der Waals surface area contributed by atoms with Crippen LogP contribution in [0.4, 0.5) is 0 Å². The Labute approximate surface area is 134 Å². The molecule has 1 aliphatic rings. The van der Waals surface area contributed by atoms with Crippen molar-refractivity contribution in [2.75, 3.05) is 26.7 Å². The van der Waals surface area contributed by atoms with Gasteiger partial charge in [-0.25, -0.2) is 0 Å². The fourth-order valence-corrected chi connectivity index (χ4v) is 2.83. The summed E-state index contributed by atoms with van der Waals surface area (Å²) in [7, 11) is 2.11. The number of amides is 1.